The van der Waals surface area contributed by atoms with E-state index < -0.39 is 6.04 Å². The molecule has 6 nitrogen and oxygen atoms in total. The largest absolute Gasteiger partial charge is 0.326 e. The summed E-state index contributed by atoms with van der Waals surface area (Å²) < 4.78 is 1.53. The van der Waals surface area contributed by atoms with Gasteiger partial charge in [0.05, 0.1) is 22.4 Å². The van der Waals surface area contributed by atoms with E-state index in [1.807, 2.05) is 18.2 Å². The molecule has 1 N–H and O–H groups in total. The topological polar surface area (TPSA) is 70.5 Å². The first kappa shape index (κ1) is 22.7. The maximum absolute atomic E-state index is 13.5. The molecule has 4 aromatic rings. The van der Waals surface area contributed by atoms with Crippen molar-refractivity contribution in [1.29, 1.82) is 0 Å². The van der Waals surface area contributed by atoms with Crippen molar-refractivity contribution in [3.8, 4) is 0 Å². The Morgan fingerprint density at radius 1 is 0.971 bits per heavy atom. The van der Waals surface area contributed by atoms with Crippen LogP contribution >= 0.6 is 34.8 Å². The number of carbonyl (C=O) groups is 1. The number of anilines is 1. The van der Waals surface area contributed by atoms with Crippen molar-refractivity contribution in [3.63, 3.8) is 0 Å². The number of aromatic amines is 1. The summed E-state index contributed by atoms with van der Waals surface area (Å²) in [5.41, 5.74) is 4.64. The van der Waals surface area contributed by atoms with E-state index in [4.69, 9.17) is 39.8 Å². The number of aliphatic imine (C=N–C) groups is 1. The highest BCUT2D eigenvalue weighted by molar-refractivity contribution is 6.36. The zero-order valence-electron chi connectivity index (χ0n) is 18.3. The predicted octanol–water partition coefficient (Wildman–Crippen LogP) is 5.25. The van der Waals surface area contributed by atoms with Crippen LogP contribution in [0, 0.1) is 0 Å². The molecule has 9 heteroatoms. The second kappa shape index (κ2) is 8.62. The number of benzodiazepines with no additional fused rings is 1. The van der Waals surface area contributed by atoms with Crippen LogP contribution in [0.3, 0.4) is 0 Å². The van der Waals surface area contributed by atoms with Crippen LogP contribution in [0.5, 0.6) is 0 Å². The number of hydrogen-bond acceptors (Lipinski definition) is 3. The van der Waals surface area contributed by atoms with Crippen molar-refractivity contribution in [3.05, 3.63) is 96.8 Å². The lowest BCUT2D eigenvalue weighted by molar-refractivity contribution is -0.119. The highest BCUT2D eigenvalue weighted by Gasteiger charge is 2.31. The fourth-order valence-corrected chi connectivity index (χ4v) is 4.99. The third kappa shape index (κ3) is 3.82. The number of H-pyrrole nitrogens is 1. The molecule has 0 radical (unpaired) electrons. The summed E-state index contributed by atoms with van der Waals surface area (Å²) in [6.45, 7) is 0. The predicted molar refractivity (Wildman–Crippen MR) is 138 cm³/mol. The molecule has 0 fully saturated rings. The zero-order chi connectivity index (χ0) is 24.1. The number of aryl methyl sites for hydroxylation is 1. The summed E-state index contributed by atoms with van der Waals surface area (Å²) in [7, 11) is 3.41. The quantitative estimate of drug-likeness (QED) is 0.406. The molecule has 2 heterocycles. The molecule has 172 valence electrons. The van der Waals surface area contributed by atoms with Gasteiger partial charge >= 0.3 is 5.69 Å². The Labute approximate surface area is 210 Å². The molecule has 1 aliphatic heterocycles. The summed E-state index contributed by atoms with van der Waals surface area (Å²) in [6.07, 6.45) is 0.234. The lowest BCUT2D eigenvalue weighted by Gasteiger charge is -2.21. The fourth-order valence-electron chi connectivity index (χ4n) is 4.27. The molecule has 0 spiro atoms. The third-order valence-corrected chi connectivity index (χ3v) is 7.06. The highest BCUT2D eigenvalue weighted by Crippen LogP contribution is 2.33. The van der Waals surface area contributed by atoms with Crippen molar-refractivity contribution in [2.24, 2.45) is 12.0 Å². The molecule has 1 atom stereocenters. The molecule has 0 saturated carbocycles. The van der Waals surface area contributed by atoms with Gasteiger partial charge in [-0.2, -0.15) is 0 Å². The number of imidazole rings is 1. The molecule has 0 aliphatic carbocycles. The Kier molecular flexibility index (Phi) is 5.76. The van der Waals surface area contributed by atoms with Crippen LogP contribution in [-0.2, 0) is 18.3 Å². The lowest BCUT2D eigenvalue weighted by atomic mass is 9.99. The Morgan fingerprint density at radius 3 is 2.44 bits per heavy atom. The number of rotatable bonds is 3. The summed E-state index contributed by atoms with van der Waals surface area (Å²) in [5, 5.41) is 1.48. The Hall–Kier alpha value is -3.06. The maximum Gasteiger partial charge on any atom is 0.326 e. The van der Waals surface area contributed by atoms with Gasteiger partial charge in [-0.25, -0.2) is 4.79 Å². The van der Waals surface area contributed by atoms with Crippen LogP contribution in [0.15, 0.2) is 64.4 Å². The van der Waals surface area contributed by atoms with Gasteiger partial charge in [0.15, 0.2) is 0 Å². The van der Waals surface area contributed by atoms with Gasteiger partial charge in [-0.1, -0.05) is 46.9 Å². The number of amides is 1. The molecule has 1 aromatic heterocycles. The molecule has 0 saturated heterocycles. The van der Waals surface area contributed by atoms with Crippen LogP contribution in [0.1, 0.15) is 16.7 Å². The Balaban J connectivity index is 1.73. The first-order valence-corrected chi connectivity index (χ1v) is 11.7. The van der Waals surface area contributed by atoms with Gasteiger partial charge in [0.25, 0.3) is 5.91 Å². The van der Waals surface area contributed by atoms with E-state index >= 15 is 0 Å². The molecule has 1 amide bonds. The molecule has 1 unspecified atom stereocenters. The van der Waals surface area contributed by atoms with Crippen LogP contribution in [0.2, 0.25) is 15.1 Å². The molecule has 5 rings (SSSR count). The second-order valence-electron chi connectivity index (χ2n) is 8.18. The third-order valence-electron chi connectivity index (χ3n) is 6.11. The molecular weight excluding hydrogens is 495 g/mol. The van der Waals surface area contributed by atoms with Crippen LogP contribution in [-0.4, -0.2) is 34.3 Å². The minimum absolute atomic E-state index is 0.190. The van der Waals surface area contributed by atoms with Gasteiger partial charge in [0.2, 0.25) is 0 Å². The van der Waals surface area contributed by atoms with E-state index in [1.54, 1.807) is 55.4 Å². The first-order valence-electron chi connectivity index (χ1n) is 10.5. The molecule has 34 heavy (non-hydrogen) atoms. The number of benzene rings is 3. The van der Waals surface area contributed by atoms with Gasteiger partial charge in [-0.15, -0.1) is 0 Å². The SMILES string of the molecule is CN1C(=O)C(Cc2c(Cl)cccc2Cl)N=C(c2ccc3[nH]c(=O)n(C)c3c2)c2cc(Cl)ccc21. The van der Waals surface area contributed by atoms with Gasteiger partial charge in [-0.05, 0) is 48.0 Å². The number of hydrogen-bond donors (Lipinski definition) is 1. The average Bonchev–Trinajstić information content (AvgIpc) is 3.05. The van der Waals surface area contributed by atoms with Gasteiger partial charge in [0.1, 0.15) is 6.04 Å². The summed E-state index contributed by atoms with van der Waals surface area (Å²) >= 11 is 19.2. The van der Waals surface area contributed by atoms with E-state index in [2.05, 4.69) is 4.98 Å². The minimum Gasteiger partial charge on any atom is -0.313 e. The number of aromatic nitrogens is 2. The van der Waals surface area contributed by atoms with E-state index in [0.29, 0.717) is 37.5 Å². The monoisotopic (exact) mass is 512 g/mol. The van der Waals surface area contributed by atoms with Gasteiger partial charge in [-0.3, -0.25) is 14.4 Å². The number of nitrogens with one attached hydrogen (secondary N) is 1. The van der Waals surface area contributed by atoms with E-state index in [1.165, 1.54) is 4.57 Å². The average molecular weight is 514 g/mol. The smallest absolute Gasteiger partial charge is 0.313 e. The summed E-state index contributed by atoms with van der Waals surface area (Å²) in [5.74, 6) is -0.190. The number of carbonyl (C=O) groups excluding carboxylic acids is 1. The van der Waals surface area contributed by atoms with Gasteiger partial charge in [0, 0.05) is 46.7 Å². The fraction of sp³-hybridized carbons (Fsp3) is 0.160. The Morgan fingerprint density at radius 2 is 1.71 bits per heavy atom. The van der Waals surface area contributed by atoms with E-state index in [-0.39, 0.29) is 18.0 Å². The normalized spacial score (nSPS) is 15.9. The molecule has 3 aromatic carbocycles. The number of nitrogens with zero attached hydrogens (tertiary/aromatic N) is 3. The standard InChI is InChI=1S/C25H19Cl3N4O2/c1-31-21-9-7-14(26)11-16(21)23(13-6-8-19-22(10-13)32(2)25(34)30-19)29-20(24(31)33)12-15-17(27)4-3-5-18(15)28/h3-11,20H,12H2,1-2H3,(H,30,34). The van der Waals surface area contributed by atoms with E-state index in [9.17, 15) is 9.59 Å². The molecule has 1 aliphatic rings. The van der Waals surface area contributed by atoms with Crippen molar-refractivity contribution < 1.29 is 4.79 Å². The zero-order valence-corrected chi connectivity index (χ0v) is 20.5. The van der Waals surface area contributed by atoms with Gasteiger partial charge < -0.3 is 9.88 Å². The Bertz CT molecular complexity index is 1530. The maximum atomic E-state index is 13.5. The van der Waals surface area contributed by atoms with Crippen molar-refractivity contribution >= 4 is 63.1 Å². The van der Waals surface area contributed by atoms with Crippen molar-refractivity contribution in [1.82, 2.24) is 9.55 Å². The van der Waals surface area contributed by atoms with Crippen LogP contribution < -0.4 is 10.6 Å². The number of fused-ring (bicyclic) bond motifs is 2. The molecule has 0 bridgehead atoms. The lowest BCUT2D eigenvalue weighted by Crippen LogP contribution is -2.36. The molecular formula is C25H19Cl3N4O2. The van der Waals surface area contributed by atoms with E-state index in [0.717, 1.165) is 16.6 Å². The van der Waals surface area contributed by atoms with Crippen molar-refractivity contribution in [2.75, 3.05) is 11.9 Å². The number of halogens is 3. The first-order chi connectivity index (χ1) is 16.2. The minimum atomic E-state index is -0.769. The summed E-state index contributed by atoms with van der Waals surface area (Å²) in [4.78, 5) is 35.0. The van der Waals surface area contributed by atoms with Crippen molar-refractivity contribution in [2.45, 2.75) is 12.5 Å². The second-order valence-corrected chi connectivity index (χ2v) is 9.43. The van der Waals surface area contributed by atoms with Crippen LogP contribution in [0.4, 0.5) is 5.69 Å². The highest BCUT2D eigenvalue weighted by atomic mass is 35.5. The van der Waals surface area contributed by atoms with Crippen LogP contribution in [0.25, 0.3) is 11.0 Å². The summed E-state index contributed by atoms with van der Waals surface area (Å²) in [6, 6.07) is 15.4. The number of likely N-dealkylation sites (N-methyl/N-ethyl adjacent to an activating group) is 1.